The van der Waals surface area contributed by atoms with Crippen molar-refractivity contribution in [2.75, 3.05) is 5.32 Å². The highest BCUT2D eigenvalue weighted by atomic mass is 79.9. The van der Waals surface area contributed by atoms with Crippen molar-refractivity contribution < 1.29 is 13.6 Å². The lowest BCUT2D eigenvalue weighted by molar-refractivity contribution is -0.115. The summed E-state index contributed by atoms with van der Waals surface area (Å²) in [5.41, 5.74) is 0.245. The number of amides is 1. The Morgan fingerprint density at radius 1 is 1.28 bits per heavy atom. The summed E-state index contributed by atoms with van der Waals surface area (Å²) in [6.07, 6.45) is 0.718. The van der Waals surface area contributed by atoms with E-state index in [1.54, 1.807) is 29.7 Å². The Labute approximate surface area is 178 Å². The van der Waals surface area contributed by atoms with E-state index in [1.807, 2.05) is 6.92 Å². The van der Waals surface area contributed by atoms with Gasteiger partial charge in [-0.15, -0.1) is 0 Å². The van der Waals surface area contributed by atoms with Crippen molar-refractivity contribution in [3.8, 4) is 0 Å². The van der Waals surface area contributed by atoms with Gasteiger partial charge >= 0.3 is 0 Å². The number of halogens is 3. The maximum Gasteiger partial charge on any atom is 0.262 e. The largest absolute Gasteiger partial charge is 0.323 e. The number of rotatable bonds is 6. The highest BCUT2D eigenvalue weighted by Gasteiger charge is 2.20. The van der Waals surface area contributed by atoms with Crippen molar-refractivity contribution in [2.24, 2.45) is 0 Å². The summed E-state index contributed by atoms with van der Waals surface area (Å²) in [6.45, 7) is 4.03. The lowest BCUT2D eigenvalue weighted by Crippen LogP contribution is -2.27. The number of benzene rings is 2. The number of anilines is 1. The number of hydrogen-bond acceptors (Lipinski definition) is 4. The van der Waals surface area contributed by atoms with Gasteiger partial charge in [-0.25, -0.2) is 13.8 Å². The van der Waals surface area contributed by atoms with Gasteiger partial charge in [0.15, 0.2) is 5.16 Å². The first-order valence-electron chi connectivity index (χ1n) is 8.92. The van der Waals surface area contributed by atoms with Crippen LogP contribution in [0.25, 0.3) is 10.9 Å². The van der Waals surface area contributed by atoms with Crippen molar-refractivity contribution in [3.05, 3.63) is 62.9 Å². The number of carbonyl (C=O) groups is 1. The van der Waals surface area contributed by atoms with Gasteiger partial charge < -0.3 is 5.32 Å². The molecule has 3 rings (SSSR count). The zero-order valence-corrected chi connectivity index (χ0v) is 18.1. The van der Waals surface area contributed by atoms with E-state index in [9.17, 15) is 18.4 Å². The van der Waals surface area contributed by atoms with E-state index in [-0.39, 0.29) is 11.2 Å². The zero-order chi connectivity index (χ0) is 21.1. The standard InChI is InChI=1S/C20H18BrF2N3O2S/c1-3-8-26-19(28)14-9-12(21)4-6-16(14)25-20(26)29-11(2)18(27)24-17-7-5-13(22)10-15(17)23/h4-7,9-11H,3,8H2,1-2H3,(H,24,27). The molecule has 3 aromatic rings. The fraction of sp³-hybridized carbons (Fsp3) is 0.250. The van der Waals surface area contributed by atoms with Crippen LogP contribution in [0.5, 0.6) is 0 Å². The molecule has 0 saturated heterocycles. The van der Waals surface area contributed by atoms with Crippen LogP contribution in [-0.4, -0.2) is 20.7 Å². The normalized spacial score (nSPS) is 12.2. The van der Waals surface area contributed by atoms with Gasteiger partial charge in [-0.3, -0.25) is 14.2 Å². The molecule has 0 saturated carbocycles. The SMILES string of the molecule is CCCn1c(SC(C)C(=O)Nc2ccc(F)cc2F)nc2ccc(Br)cc2c1=O. The summed E-state index contributed by atoms with van der Waals surface area (Å²) in [4.78, 5) is 30.0. The summed E-state index contributed by atoms with van der Waals surface area (Å²) < 4.78 is 29.2. The third-order valence-electron chi connectivity index (χ3n) is 4.17. The number of fused-ring (bicyclic) bond motifs is 1. The maximum absolute atomic E-state index is 13.8. The molecule has 152 valence electrons. The van der Waals surface area contributed by atoms with Crippen LogP contribution in [0.4, 0.5) is 14.5 Å². The first-order chi connectivity index (χ1) is 13.8. The maximum atomic E-state index is 13.8. The van der Waals surface area contributed by atoms with Gasteiger partial charge in [0, 0.05) is 17.1 Å². The van der Waals surface area contributed by atoms with E-state index < -0.39 is 22.8 Å². The second kappa shape index (κ2) is 9.04. The van der Waals surface area contributed by atoms with Crippen molar-refractivity contribution in [1.29, 1.82) is 0 Å². The molecule has 0 bridgehead atoms. The molecule has 9 heteroatoms. The topological polar surface area (TPSA) is 64.0 Å². The molecule has 0 fully saturated rings. The van der Waals surface area contributed by atoms with Crippen molar-refractivity contribution in [3.63, 3.8) is 0 Å². The van der Waals surface area contributed by atoms with E-state index in [0.29, 0.717) is 28.7 Å². The lowest BCUT2D eigenvalue weighted by Gasteiger charge is -2.16. The Morgan fingerprint density at radius 2 is 2.03 bits per heavy atom. The zero-order valence-electron chi connectivity index (χ0n) is 15.7. The Balaban J connectivity index is 1.89. The number of aromatic nitrogens is 2. The molecule has 5 nitrogen and oxygen atoms in total. The average molecular weight is 482 g/mol. The third kappa shape index (κ3) is 4.84. The minimum atomic E-state index is -0.854. The van der Waals surface area contributed by atoms with Crippen LogP contribution < -0.4 is 10.9 Å². The minimum Gasteiger partial charge on any atom is -0.323 e. The highest BCUT2D eigenvalue weighted by Crippen LogP contribution is 2.25. The second-order valence-electron chi connectivity index (χ2n) is 6.39. The molecule has 29 heavy (non-hydrogen) atoms. The van der Waals surface area contributed by atoms with Gasteiger partial charge in [0.05, 0.1) is 21.8 Å². The first-order valence-corrected chi connectivity index (χ1v) is 10.6. The molecule has 2 aromatic carbocycles. The van der Waals surface area contributed by atoms with Crippen LogP contribution in [0.15, 0.2) is 50.8 Å². The van der Waals surface area contributed by atoms with E-state index in [4.69, 9.17) is 0 Å². The molecule has 0 aliphatic heterocycles. The Hall–Kier alpha value is -2.26. The van der Waals surface area contributed by atoms with Crippen LogP contribution in [0.1, 0.15) is 20.3 Å². The summed E-state index contributed by atoms with van der Waals surface area (Å²) in [7, 11) is 0. The van der Waals surface area contributed by atoms with Gasteiger partial charge in [0.25, 0.3) is 5.56 Å². The molecule has 1 unspecified atom stereocenters. The summed E-state index contributed by atoms with van der Waals surface area (Å²) in [5.74, 6) is -2.06. The predicted octanol–water partition coefficient (Wildman–Crippen LogP) is 4.97. The number of carbonyl (C=O) groups excluding carboxylic acids is 1. The molecule has 1 aromatic heterocycles. The van der Waals surface area contributed by atoms with Crippen LogP contribution in [0.3, 0.4) is 0 Å². The second-order valence-corrected chi connectivity index (χ2v) is 8.61. The molecule has 1 heterocycles. The number of nitrogens with one attached hydrogen (secondary N) is 1. The van der Waals surface area contributed by atoms with Crippen LogP contribution >= 0.6 is 27.7 Å². The van der Waals surface area contributed by atoms with Gasteiger partial charge in [0.2, 0.25) is 5.91 Å². The van der Waals surface area contributed by atoms with Crippen LogP contribution in [0.2, 0.25) is 0 Å². The number of nitrogens with zero attached hydrogens (tertiary/aromatic N) is 2. The fourth-order valence-corrected chi connectivity index (χ4v) is 4.02. The summed E-state index contributed by atoms with van der Waals surface area (Å²) in [6, 6.07) is 8.19. The minimum absolute atomic E-state index is 0.105. The molecule has 0 aliphatic carbocycles. The van der Waals surface area contributed by atoms with Gasteiger partial charge in [-0.1, -0.05) is 34.6 Å². The van der Waals surface area contributed by atoms with Crippen molar-refractivity contribution in [2.45, 2.75) is 37.2 Å². The average Bonchev–Trinajstić information content (AvgIpc) is 2.67. The van der Waals surface area contributed by atoms with Crippen LogP contribution in [-0.2, 0) is 11.3 Å². The summed E-state index contributed by atoms with van der Waals surface area (Å²) in [5, 5.41) is 2.68. The van der Waals surface area contributed by atoms with Gasteiger partial charge in [0.1, 0.15) is 11.6 Å². The molecular formula is C20H18BrF2N3O2S. The quantitative estimate of drug-likeness (QED) is 0.398. The van der Waals surface area contributed by atoms with E-state index >= 15 is 0 Å². The van der Waals surface area contributed by atoms with E-state index in [0.717, 1.165) is 28.7 Å². The van der Waals surface area contributed by atoms with Crippen LogP contribution in [0, 0.1) is 11.6 Å². The molecule has 1 amide bonds. The Morgan fingerprint density at radius 3 is 2.72 bits per heavy atom. The van der Waals surface area contributed by atoms with Gasteiger partial charge in [-0.2, -0.15) is 0 Å². The molecular weight excluding hydrogens is 464 g/mol. The first kappa shape index (κ1) is 21.4. The fourth-order valence-electron chi connectivity index (χ4n) is 2.72. The third-order valence-corrected chi connectivity index (χ3v) is 5.75. The molecule has 0 radical (unpaired) electrons. The monoisotopic (exact) mass is 481 g/mol. The molecule has 0 spiro atoms. The predicted molar refractivity (Wildman–Crippen MR) is 114 cm³/mol. The van der Waals surface area contributed by atoms with E-state index in [2.05, 4.69) is 26.2 Å². The lowest BCUT2D eigenvalue weighted by atomic mass is 10.2. The Bertz CT molecular complexity index is 1140. The van der Waals surface area contributed by atoms with Gasteiger partial charge in [-0.05, 0) is 43.7 Å². The van der Waals surface area contributed by atoms with Crippen molar-refractivity contribution >= 4 is 50.2 Å². The summed E-state index contributed by atoms with van der Waals surface area (Å²) >= 11 is 4.47. The molecule has 0 aliphatic rings. The Kier molecular flexibility index (Phi) is 6.69. The number of thioether (sulfide) groups is 1. The van der Waals surface area contributed by atoms with E-state index in [1.165, 1.54) is 6.07 Å². The molecule has 1 N–H and O–H groups in total. The molecule has 1 atom stereocenters. The van der Waals surface area contributed by atoms with Crippen molar-refractivity contribution in [1.82, 2.24) is 9.55 Å². The number of hydrogen-bond donors (Lipinski definition) is 1. The smallest absolute Gasteiger partial charge is 0.262 e. The highest BCUT2D eigenvalue weighted by molar-refractivity contribution is 9.10.